The minimum atomic E-state index is -3.66. The lowest BCUT2D eigenvalue weighted by atomic mass is 10.2. The summed E-state index contributed by atoms with van der Waals surface area (Å²) in [4.78, 5) is 24.7. The van der Waals surface area contributed by atoms with Gasteiger partial charge in [-0.1, -0.05) is 31.3 Å². The number of benzene rings is 2. The van der Waals surface area contributed by atoms with E-state index in [1.165, 1.54) is 32.7 Å². The molecular formula is C28H32N4O5S2. The molecule has 0 aliphatic rings. The van der Waals surface area contributed by atoms with Crippen molar-refractivity contribution in [2.45, 2.75) is 38.1 Å². The van der Waals surface area contributed by atoms with Crippen molar-refractivity contribution in [1.82, 2.24) is 14.3 Å². The molecule has 2 heterocycles. The predicted molar refractivity (Wildman–Crippen MR) is 153 cm³/mol. The van der Waals surface area contributed by atoms with E-state index in [9.17, 15) is 13.2 Å². The Morgan fingerprint density at radius 2 is 1.59 bits per heavy atom. The van der Waals surface area contributed by atoms with E-state index in [1.54, 1.807) is 44.7 Å². The minimum Gasteiger partial charge on any atom is -0.495 e. The van der Waals surface area contributed by atoms with Gasteiger partial charge in [-0.15, -0.1) is 0 Å². The highest BCUT2D eigenvalue weighted by Crippen LogP contribution is 2.40. The smallest absolute Gasteiger partial charge is 0.260 e. The number of thiazole rings is 1. The lowest BCUT2D eigenvalue weighted by Gasteiger charge is -2.22. The van der Waals surface area contributed by atoms with E-state index in [-0.39, 0.29) is 17.3 Å². The number of fused-ring (bicyclic) bond motifs is 1. The number of hydrogen-bond donors (Lipinski definition) is 0. The van der Waals surface area contributed by atoms with Gasteiger partial charge < -0.3 is 9.47 Å². The van der Waals surface area contributed by atoms with Gasteiger partial charge in [-0.3, -0.25) is 14.7 Å². The van der Waals surface area contributed by atoms with Crippen LogP contribution < -0.4 is 14.4 Å². The van der Waals surface area contributed by atoms with E-state index in [2.05, 4.69) is 4.98 Å². The maximum Gasteiger partial charge on any atom is 0.260 e. The molecule has 4 rings (SSSR count). The Bertz CT molecular complexity index is 1480. The fourth-order valence-corrected chi connectivity index (χ4v) is 6.89. The third kappa shape index (κ3) is 6.05. The van der Waals surface area contributed by atoms with E-state index in [4.69, 9.17) is 14.5 Å². The molecule has 11 heteroatoms. The Labute approximate surface area is 233 Å². The van der Waals surface area contributed by atoms with Crippen molar-refractivity contribution in [3.8, 4) is 11.5 Å². The molecule has 0 radical (unpaired) electrons. The van der Waals surface area contributed by atoms with E-state index < -0.39 is 10.0 Å². The molecule has 0 saturated heterocycles. The zero-order valence-corrected chi connectivity index (χ0v) is 24.1. The SMILES string of the molecule is CCCN(CCC)S(=O)(=O)c1ccc(C(=O)N(Cc2ccccn2)c2nc3c(OC)ccc(OC)c3s2)cc1. The third-order valence-corrected chi connectivity index (χ3v) is 9.11. The number of anilines is 1. The average Bonchev–Trinajstić information content (AvgIpc) is 3.41. The zero-order valence-electron chi connectivity index (χ0n) is 22.5. The van der Waals surface area contributed by atoms with E-state index >= 15 is 0 Å². The van der Waals surface area contributed by atoms with Crippen LogP contribution in [0.2, 0.25) is 0 Å². The fraction of sp³-hybridized carbons (Fsp3) is 0.321. The van der Waals surface area contributed by atoms with Crippen molar-refractivity contribution in [1.29, 1.82) is 0 Å². The van der Waals surface area contributed by atoms with Crippen molar-refractivity contribution < 1.29 is 22.7 Å². The molecule has 2 aromatic heterocycles. The number of amides is 1. The second kappa shape index (κ2) is 12.5. The molecule has 0 aliphatic heterocycles. The second-order valence-electron chi connectivity index (χ2n) is 8.79. The summed E-state index contributed by atoms with van der Waals surface area (Å²) < 4.78 is 39.6. The molecule has 9 nitrogen and oxygen atoms in total. The van der Waals surface area contributed by atoms with Gasteiger partial charge in [-0.05, 0) is 61.4 Å². The standard InChI is InChI=1S/C28H32N4O5S2/c1-5-17-31(18-6-2)39(34,35)22-12-10-20(11-13-22)27(33)32(19-21-9-7-8-16-29-21)28-30-25-23(36-3)14-15-24(37-4)26(25)38-28/h7-16H,5-6,17-19H2,1-4H3. The van der Waals surface area contributed by atoms with Crippen LogP contribution in [0.25, 0.3) is 10.2 Å². The normalized spacial score (nSPS) is 11.6. The van der Waals surface area contributed by atoms with Crippen LogP contribution in [0.4, 0.5) is 5.13 Å². The summed E-state index contributed by atoms with van der Waals surface area (Å²) in [6.07, 6.45) is 3.10. The molecule has 0 unspecified atom stereocenters. The van der Waals surface area contributed by atoms with Gasteiger partial charge >= 0.3 is 0 Å². The number of rotatable bonds is 12. The molecule has 0 spiro atoms. The van der Waals surface area contributed by atoms with Gasteiger partial charge in [0, 0.05) is 24.8 Å². The van der Waals surface area contributed by atoms with Gasteiger partial charge in [0.05, 0.1) is 31.4 Å². The Kier molecular flexibility index (Phi) is 9.16. The Morgan fingerprint density at radius 3 is 2.18 bits per heavy atom. The number of aromatic nitrogens is 2. The van der Waals surface area contributed by atoms with Gasteiger partial charge in [-0.25, -0.2) is 13.4 Å². The number of carbonyl (C=O) groups excluding carboxylic acids is 1. The van der Waals surface area contributed by atoms with Gasteiger partial charge in [-0.2, -0.15) is 4.31 Å². The Balaban J connectivity index is 1.73. The molecule has 0 saturated carbocycles. The maximum atomic E-state index is 13.9. The van der Waals surface area contributed by atoms with Crippen LogP contribution in [0.15, 0.2) is 65.7 Å². The summed E-state index contributed by atoms with van der Waals surface area (Å²) in [7, 11) is -0.518. The summed E-state index contributed by atoms with van der Waals surface area (Å²) in [6, 6.07) is 15.1. The maximum absolute atomic E-state index is 13.9. The number of carbonyl (C=O) groups is 1. The molecule has 39 heavy (non-hydrogen) atoms. The van der Waals surface area contributed by atoms with Crippen LogP contribution >= 0.6 is 11.3 Å². The molecule has 0 bridgehead atoms. The third-order valence-electron chi connectivity index (χ3n) is 6.11. The number of hydrogen-bond acceptors (Lipinski definition) is 8. The summed E-state index contributed by atoms with van der Waals surface area (Å²) in [6.45, 7) is 4.95. The summed E-state index contributed by atoms with van der Waals surface area (Å²) in [5.74, 6) is 0.857. The number of sulfonamides is 1. The van der Waals surface area contributed by atoms with Crippen molar-refractivity contribution in [3.63, 3.8) is 0 Å². The summed E-state index contributed by atoms with van der Waals surface area (Å²) in [5, 5.41) is 0.442. The number of methoxy groups -OCH3 is 2. The number of nitrogens with zero attached hydrogens (tertiary/aromatic N) is 4. The van der Waals surface area contributed by atoms with E-state index in [1.807, 2.05) is 32.0 Å². The van der Waals surface area contributed by atoms with Gasteiger partial charge in [0.1, 0.15) is 21.7 Å². The molecular weight excluding hydrogens is 536 g/mol. The van der Waals surface area contributed by atoms with Gasteiger partial charge in [0.15, 0.2) is 5.13 Å². The van der Waals surface area contributed by atoms with Crippen molar-refractivity contribution in [3.05, 3.63) is 72.1 Å². The first-order valence-corrected chi connectivity index (χ1v) is 14.9. The predicted octanol–water partition coefficient (Wildman–Crippen LogP) is 5.37. The molecule has 0 aliphatic carbocycles. The molecule has 0 N–H and O–H groups in total. The fourth-order valence-electron chi connectivity index (χ4n) is 4.20. The first kappa shape index (κ1) is 28.5. The highest BCUT2D eigenvalue weighted by Gasteiger charge is 2.27. The lowest BCUT2D eigenvalue weighted by Crippen LogP contribution is -2.33. The highest BCUT2D eigenvalue weighted by atomic mass is 32.2. The van der Waals surface area contributed by atoms with Crippen LogP contribution in [0.5, 0.6) is 11.5 Å². The first-order chi connectivity index (χ1) is 18.8. The molecule has 4 aromatic rings. The monoisotopic (exact) mass is 568 g/mol. The lowest BCUT2D eigenvalue weighted by molar-refractivity contribution is 0.0984. The minimum absolute atomic E-state index is 0.159. The van der Waals surface area contributed by atoms with Crippen molar-refractivity contribution >= 4 is 42.6 Å². The largest absolute Gasteiger partial charge is 0.495 e. The van der Waals surface area contributed by atoms with E-state index in [0.29, 0.717) is 46.5 Å². The molecule has 1 amide bonds. The molecule has 0 fully saturated rings. The van der Waals surface area contributed by atoms with Crippen molar-refractivity contribution in [2.75, 3.05) is 32.2 Å². The van der Waals surface area contributed by atoms with Gasteiger partial charge in [0.25, 0.3) is 5.91 Å². The van der Waals surface area contributed by atoms with Crippen LogP contribution in [-0.2, 0) is 16.6 Å². The average molecular weight is 569 g/mol. The van der Waals surface area contributed by atoms with Crippen molar-refractivity contribution in [2.24, 2.45) is 0 Å². The highest BCUT2D eigenvalue weighted by molar-refractivity contribution is 7.89. The van der Waals surface area contributed by atoms with E-state index in [0.717, 1.165) is 17.5 Å². The van der Waals surface area contributed by atoms with Crippen LogP contribution in [0.3, 0.4) is 0 Å². The summed E-state index contributed by atoms with van der Waals surface area (Å²) in [5.41, 5.74) is 1.60. The molecule has 206 valence electrons. The first-order valence-electron chi connectivity index (χ1n) is 12.7. The molecule has 0 atom stereocenters. The summed E-state index contributed by atoms with van der Waals surface area (Å²) >= 11 is 1.31. The number of ether oxygens (including phenoxy) is 2. The quantitative estimate of drug-likeness (QED) is 0.227. The van der Waals surface area contributed by atoms with Crippen LogP contribution in [0, 0.1) is 0 Å². The van der Waals surface area contributed by atoms with Gasteiger partial charge in [0.2, 0.25) is 10.0 Å². The van der Waals surface area contributed by atoms with Crippen LogP contribution in [-0.4, -0.2) is 55.9 Å². The molecule has 2 aromatic carbocycles. The zero-order chi connectivity index (χ0) is 28.0. The Morgan fingerprint density at radius 1 is 0.923 bits per heavy atom. The second-order valence-corrected chi connectivity index (χ2v) is 11.7. The Hall–Kier alpha value is -3.54. The topological polar surface area (TPSA) is 102 Å². The van der Waals surface area contributed by atoms with Crippen LogP contribution in [0.1, 0.15) is 42.7 Å². The number of pyridine rings is 1.